The Bertz CT molecular complexity index is 2200. The summed E-state index contributed by atoms with van der Waals surface area (Å²) < 4.78 is 1.81. The molecule has 6 N–H and O–H groups in total. The molecule has 0 radical (unpaired) electrons. The van der Waals surface area contributed by atoms with Gasteiger partial charge in [-0.3, -0.25) is 19.1 Å². The number of aliphatic hydroxyl groups excluding tert-OH is 1. The number of rotatable bonds is 14. The Balaban J connectivity index is 0.995. The predicted molar refractivity (Wildman–Crippen MR) is 220 cm³/mol. The first kappa shape index (κ1) is 41.0. The quantitative estimate of drug-likeness (QED) is 0.0874. The highest BCUT2D eigenvalue weighted by molar-refractivity contribution is 7.13. The van der Waals surface area contributed by atoms with Crippen molar-refractivity contribution in [3.63, 3.8) is 0 Å². The lowest BCUT2D eigenvalue weighted by molar-refractivity contribution is -0.144. The third-order valence-electron chi connectivity index (χ3n) is 10.3. The SMILES string of the molecule is Cc1ncsc1-c1ccc(C(C)NC(=O)C2CC(O)CN2C(=O)C(NC(=O)CCCCCn2cc(-c3cc(-c4ccccc4O)nnc3N)cn2)C(C)(C)C)cc1. The predicted octanol–water partition coefficient (Wildman–Crippen LogP) is 5.66. The summed E-state index contributed by atoms with van der Waals surface area (Å²) in [6.07, 6.45) is 5.18. The van der Waals surface area contributed by atoms with E-state index in [1.807, 2.05) is 81.3 Å². The number of benzene rings is 2. The molecule has 1 saturated heterocycles. The number of nitrogens with zero attached hydrogens (tertiary/aromatic N) is 6. The van der Waals surface area contributed by atoms with E-state index in [0.29, 0.717) is 29.8 Å². The molecule has 5 aromatic rings. The van der Waals surface area contributed by atoms with Crippen molar-refractivity contribution in [2.45, 2.75) is 97.5 Å². The normalized spacial score (nSPS) is 16.6. The number of anilines is 1. The van der Waals surface area contributed by atoms with Crippen molar-refractivity contribution in [1.82, 2.24) is 40.5 Å². The third kappa shape index (κ3) is 9.84. The van der Waals surface area contributed by atoms with Crippen molar-refractivity contribution in [1.29, 1.82) is 0 Å². The van der Waals surface area contributed by atoms with Gasteiger partial charge in [-0.2, -0.15) is 5.10 Å². The zero-order valence-corrected chi connectivity index (χ0v) is 33.8. The van der Waals surface area contributed by atoms with Gasteiger partial charge in [-0.1, -0.05) is 63.6 Å². The maximum atomic E-state index is 14.1. The van der Waals surface area contributed by atoms with E-state index in [2.05, 4.69) is 30.9 Å². The molecule has 4 unspecified atom stereocenters. The van der Waals surface area contributed by atoms with Crippen LogP contribution in [-0.2, 0) is 20.9 Å². The van der Waals surface area contributed by atoms with E-state index in [1.54, 1.807) is 41.8 Å². The van der Waals surface area contributed by atoms with Crippen LogP contribution in [0.2, 0.25) is 0 Å². The number of unbranched alkanes of at least 4 members (excludes halogenated alkanes) is 2. The molecule has 0 saturated carbocycles. The largest absolute Gasteiger partial charge is 0.507 e. The number of aliphatic hydroxyl groups is 1. The van der Waals surface area contributed by atoms with Crippen molar-refractivity contribution in [3.05, 3.63) is 83.8 Å². The highest BCUT2D eigenvalue weighted by atomic mass is 32.1. The van der Waals surface area contributed by atoms with Crippen molar-refractivity contribution >= 4 is 34.9 Å². The van der Waals surface area contributed by atoms with E-state index >= 15 is 0 Å². The number of thiazole rings is 1. The number of nitrogens with two attached hydrogens (primary N) is 1. The molecule has 1 aliphatic rings. The number of nitrogen functional groups attached to an aromatic ring is 1. The average Bonchev–Trinajstić information content (AvgIpc) is 3.93. The van der Waals surface area contributed by atoms with Crippen LogP contribution in [0.3, 0.4) is 0 Å². The Labute approximate surface area is 336 Å². The Morgan fingerprint density at radius 2 is 1.75 bits per heavy atom. The average molecular weight is 794 g/mol. The van der Waals surface area contributed by atoms with E-state index in [0.717, 1.165) is 40.1 Å². The summed E-state index contributed by atoms with van der Waals surface area (Å²) in [6.45, 7) is 10.1. The first-order valence-electron chi connectivity index (χ1n) is 19.2. The number of amides is 3. The minimum atomic E-state index is -0.894. The first-order valence-corrected chi connectivity index (χ1v) is 20.1. The highest BCUT2D eigenvalue weighted by Gasteiger charge is 2.44. The minimum Gasteiger partial charge on any atom is -0.507 e. The van der Waals surface area contributed by atoms with Crippen molar-refractivity contribution in [2.24, 2.45) is 5.41 Å². The van der Waals surface area contributed by atoms with Gasteiger partial charge >= 0.3 is 0 Å². The van der Waals surface area contributed by atoms with Gasteiger partial charge in [-0.15, -0.1) is 21.5 Å². The number of aromatic nitrogens is 5. The highest BCUT2D eigenvalue weighted by Crippen LogP contribution is 2.33. The second-order valence-corrected chi connectivity index (χ2v) is 16.6. The van der Waals surface area contributed by atoms with Gasteiger partial charge in [-0.25, -0.2) is 4.98 Å². The molecule has 3 aromatic heterocycles. The van der Waals surface area contributed by atoms with Gasteiger partial charge in [0.05, 0.1) is 40.1 Å². The Hall–Kier alpha value is -5.67. The van der Waals surface area contributed by atoms with Gasteiger partial charge in [0, 0.05) is 48.8 Å². The summed E-state index contributed by atoms with van der Waals surface area (Å²) in [6, 6.07) is 14.5. The van der Waals surface area contributed by atoms with Gasteiger partial charge in [0.25, 0.3) is 0 Å². The van der Waals surface area contributed by atoms with Gasteiger partial charge in [0.1, 0.15) is 17.8 Å². The molecule has 14 nitrogen and oxygen atoms in total. The molecule has 0 bridgehead atoms. The Morgan fingerprint density at radius 1 is 1.00 bits per heavy atom. The van der Waals surface area contributed by atoms with Crippen LogP contribution >= 0.6 is 11.3 Å². The smallest absolute Gasteiger partial charge is 0.246 e. The molecule has 6 rings (SSSR count). The molecule has 1 fully saturated rings. The number of phenolic OH excluding ortho intramolecular Hbond substituents is 1. The molecular formula is C42H51N9O5S. The number of aromatic hydroxyl groups is 1. The van der Waals surface area contributed by atoms with Crippen LogP contribution in [0.5, 0.6) is 5.75 Å². The van der Waals surface area contributed by atoms with Gasteiger partial charge < -0.3 is 31.5 Å². The van der Waals surface area contributed by atoms with E-state index in [1.165, 1.54) is 4.90 Å². The second kappa shape index (κ2) is 17.6. The van der Waals surface area contributed by atoms with E-state index < -0.39 is 29.5 Å². The summed E-state index contributed by atoms with van der Waals surface area (Å²) in [4.78, 5) is 47.8. The topological polar surface area (TPSA) is 201 Å². The second-order valence-electron chi connectivity index (χ2n) is 15.7. The van der Waals surface area contributed by atoms with E-state index in [9.17, 15) is 24.6 Å². The molecule has 1 aliphatic heterocycles. The lowest BCUT2D eigenvalue weighted by Crippen LogP contribution is -2.57. The summed E-state index contributed by atoms with van der Waals surface area (Å²) in [5.74, 6) is -0.648. The fraction of sp³-hybridized carbons (Fsp3) is 0.405. The maximum absolute atomic E-state index is 14.1. The molecule has 4 atom stereocenters. The van der Waals surface area contributed by atoms with Gasteiger partial charge in [-0.05, 0) is 61.4 Å². The number of β-amino-alcohol motifs (C(OH)–C–C–N with tert-alkyl or cyclic N) is 1. The van der Waals surface area contributed by atoms with Crippen LogP contribution in [0, 0.1) is 12.3 Å². The molecular weight excluding hydrogens is 743 g/mol. The molecule has 2 aromatic carbocycles. The fourth-order valence-corrected chi connectivity index (χ4v) is 7.88. The van der Waals surface area contributed by atoms with Crippen LogP contribution in [0.1, 0.15) is 77.1 Å². The number of para-hydroxylation sites is 1. The number of carbonyl (C=O) groups excluding carboxylic acids is 3. The lowest BCUT2D eigenvalue weighted by atomic mass is 9.85. The number of phenols is 1. The zero-order valence-electron chi connectivity index (χ0n) is 33.0. The molecule has 3 amide bonds. The number of nitrogens with one attached hydrogen (secondary N) is 2. The van der Waals surface area contributed by atoms with Crippen LogP contribution in [0.4, 0.5) is 5.82 Å². The number of carbonyl (C=O) groups is 3. The van der Waals surface area contributed by atoms with Crippen molar-refractivity contribution in [3.8, 4) is 38.6 Å². The summed E-state index contributed by atoms with van der Waals surface area (Å²) in [7, 11) is 0. The van der Waals surface area contributed by atoms with Crippen molar-refractivity contribution in [2.75, 3.05) is 12.3 Å². The van der Waals surface area contributed by atoms with Crippen LogP contribution in [0.25, 0.3) is 32.8 Å². The molecule has 300 valence electrons. The lowest BCUT2D eigenvalue weighted by Gasteiger charge is -2.35. The number of likely N-dealkylation sites (tertiary alicyclic amines) is 1. The minimum absolute atomic E-state index is 0.00777. The van der Waals surface area contributed by atoms with Gasteiger partial charge in [0.15, 0.2) is 5.82 Å². The van der Waals surface area contributed by atoms with Crippen LogP contribution in [0.15, 0.2) is 72.5 Å². The Morgan fingerprint density at radius 3 is 2.46 bits per heavy atom. The molecule has 4 heterocycles. The standard InChI is InChI=1S/C42H51N9O5S/c1-25(27-14-16-28(17-15-27)37-26(2)44-24-57-37)46-40(55)34-19-30(52)23-51(34)41(56)38(42(3,4)5)47-36(54)13-7-6-10-18-50-22-29(21-45-50)32-20-33(48-49-39(32)43)31-11-8-9-12-35(31)53/h8-9,11-12,14-17,20-22,24-25,30,34,38,52-53H,6-7,10,13,18-19,23H2,1-5H3,(H2,43,49)(H,46,55)(H,47,54). The zero-order chi connectivity index (χ0) is 40.9. The molecule has 57 heavy (non-hydrogen) atoms. The van der Waals surface area contributed by atoms with Crippen LogP contribution in [-0.4, -0.2) is 82.5 Å². The van der Waals surface area contributed by atoms with Crippen molar-refractivity contribution < 1.29 is 24.6 Å². The summed E-state index contributed by atoms with van der Waals surface area (Å²) in [5, 5.41) is 39.6. The first-order chi connectivity index (χ1) is 27.2. The maximum Gasteiger partial charge on any atom is 0.246 e. The molecule has 15 heteroatoms. The van der Waals surface area contributed by atoms with Gasteiger partial charge in [0.2, 0.25) is 17.7 Å². The van der Waals surface area contributed by atoms with E-state index in [4.69, 9.17) is 5.73 Å². The van der Waals surface area contributed by atoms with Crippen LogP contribution < -0.4 is 16.4 Å². The molecule has 0 aliphatic carbocycles. The monoisotopic (exact) mass is 793 g/mol. The summed E-state index contributed by atoms with van der Waals surface area (Å²) in [5.41, 5.74) is 12.7. The third-order valence-corrected chi connectivity index (χ3v) is 11.3. The van der Waals surface area contributed by atoms with E-state index in [-0.39, 0.29) is 48.8 Å². The molecule has 0 spiro atoms. The fourth-order valence-electron chi connectivity index (χ4n) is 7.06. The number of aryl methyl sites for hydroxylation is 2. The Kier molecular flexibility index (Phi) is 12.7. The number of hydrogen-bond acceptors (Lipinski definition) is 11. The summed E-state index contributed by atoms with van der Waals surface area (Å²) >= 11 is 1.58. The number of hydrogen-bond donors (Lipinski definition) is 5.